The molecule has 32 heavy (non-hydrogen) atoms. The van der Waals surface area contributed by atoms with Gasteiger partial charge in [-0.15, -0.1) is 0 Å². The monoisotopic (exact) mass is 476 g/mol. The molecule has 3 aromatic rings. The van der Waals surface area contributed by atoms with Gasteiger partial charge in [0.2, 0.25) is 0 Å². The Labute approximate surface area is 191 Å². The zero-order valence-corrected chi connectivity index (χ0v) is 19.4. The van der Waals surface area contributed by atoms with Gasteiger partial charge in [-0.3, -0.25) is 14.0 Å². The number of amides is 1. The average molecular weight is 477 g/mol. The van der Waals surface area contributed by atoms with Crippen LogP contribution in [0.25, 0.3) is 22.9 Å². The lowest BCUT2D eigenvalue weighted by molar-refractivity contribution is -0.114. The van der Waals surface area contributed by atoms with Crippen LogP contribution in [0.5, 0.6) is 0 Å². The van der Waals surface area contributed by atoms with E-state index >= 15 is 0 Å². The van der Waals surface area contributed by atoms with Crippen LogP contribution in [0.15, 0.2) is 30.6 Å². The van der Waals surface area contributed by atoms with Crippen molar-refractivity contribution in [3.63, 3.8) is 0 Å². The standard InChI is InChI=1S/C21H25ClN6O3S/c1-14-18(8-9-19(29)26-32(30,31)25-17-6-4-3-5-7-17)21(27(2)24-14)28-11-10-15-12-16(22)13-23-20(15)28/h8-13,17,25H,3-7H2,1-2H3,(H,26,29). The van der Waals surface area contributed by atoms with Crippen molar-refractivity contribution in [1.82, 2.24) is 28.8 Å². The first-order valence-corrected chi connectivity index (χ1v) is 12.3. The molecular weight excluding hydrogens is 452 g/mol. The number of carbonyl (C=O) groups excluding carboxylic acids is 1. The lowest BCUT2D eigenvalue weighted by Crippen LogP contribution is -2.45. The lowest BCUT2D eigenvalue weighted by atomic mass is 9.96. The number of nitrogens with one attached hydrogen (secondary N) is 2. The number of hydrogen-bond acceptors (Lipinski definition) is 5. The van der Waals surface area contributed by atoms with E-state index in [4.69, 9.17) is 11.6 Å². The van der Waals surface area contributed by atoms with E-state index in [9.17, 15) is 13.2 Å². The van der Waals surface area contributed by atoms with Crippen molar-refractivity contribution in [2.24, 2.45) is 7.05 Å². The summed E-state index contributed by atoms with van der Waals surface area (Å²) in [6.07, 6.45) is 10.8. The third-order valence-electron chi connectivity index (χ3n) is 5.52. The van der Waals surface area contributed by atoms with Crippen LogP contribution in [-0.2, 0) is 22.1 Å². The van der Waals surface area contributed by atoms with Gasteiger partial charge < -0.3 is 0 Å². The summed E-state index contributed by atoms with van der Waals surface area (Å²) in [6.45, 7) is 1.82. The summed E-state index contributed by atoms with van der Waals surface area (Å²) in [5.41, 5.74) is 2.05. The van der Waals surface area contributed by atoms with Crippen LogP contribution in [0.3, 0.4) is 0 Å². The van der Waals surface area contributed by atoms with Crippen molar-refractivity contribution in [3.05, 3.63) is 46.9 Å². The molecule has 1 aliphatic carbocycles. The third-order valence-corrected chi connectivity index (χ3v) is 6.84. The van der Waals surface area contributed by atoms with Gasteiger partial charge in [-0.25, -0.2) is 9.71 Å². The Hall–Kier alpha value is -2.69. The molecule has 3 heterocycles. The first-order chi connectivity index (χ1) is 15.2. The number of aromatic nitrogens is 4. The van der Waals surface area contributed by atoms with Gasteiger partial charge >= 0.3 is 10.2 Å². The molecule has 1 aliphatic rings. The number of rotatable bonds is 6. The smallest absolute Gasteiger partial charge is 0.285 e. The number of pyridine rings is 1. The molecule has 11 heteroatoms. The maximum absolute atomic E-state index is 12.4. The highest BCUT2D eigenvalue weighted by Gasteiger charge is 2.21. The Morgan fingerprint density at radius 3 is 2.78 bits per heavy atom. The molecule has 0 bridgehead atoms. The molecule has 4 rings (SSSR count). The summed E-state index contributed by atoms with van der Waals surface area (Å²) in [7, 11) is -2.13. The van der Waals surface area contributed by atoms with Crippen LogP contribution in [-0.4, -0.2) is 39.7 Å². The van der Waals surface area contributed by atoms with Crippen molar-refractivity contribution < 1.29 is 13.2 Å². The van der Waals surface area contributed by atoms with Crippen LogP contribution in [0, 0.1) is 6.92 Å². The summed E-state index contributed by atoms with van der Waals surface area (Å²) in [4.78, 5) is 16.8. The maximum Gasteiger partial charge on any atom is 0.301 e. The molecule has 0 radical (unpaired) electrons. The first-order valence-electron chi connectivity index (χ1n) is 10.4. The van der Waals surface area contributed by atoms with E-state index in [1.54, 1.807) is 24.0 Å². The minimum atomic E-state index is -3.93. The normalized spacial score (nSPS) is 15.6. The fourth-order valence-electron chi connectivity index (χ4n) is 4.11. The Morgan fingerprint density at radius 2 is 2.03 bits per heavy atom. The molecule has 170 valence electrons. The number of carbonyl (C=O) groups is 1. The maximum atomic E-state index is 12.4. The number of nitrogens with zero attached hydrogens (tertiary/aromatic N) is 4. The minimum Gasteiger partial charge on any atom is -0.285 e. The number of aryl methyl sites for hydroxylation is 2. The molecule has 0 unspecified atom stereocenters. The second-order valence-corrected chi connectivity index (χ2v) is 9.84. The molecule has 0 aromatic carbocycles. The summed E-state index contributed by atoms with van der Waals surface area (Å²) < 4.78 is 32.8. The number of fused-ring (bicyclic) bond motifs is 1. The molecule has 0 spiro atoms. The molecular formula is C21H25ClN6O3S. The molecule has 2 N–H and O–H groups in total. The summed E-state index contributed by atoms with van der Waals surface area (Å²) in [6, 6.07) is 3.57. The van der Waals surface area contributed by atoms with Gasteiger partial charge in [0.25, 0.3) is 5.91 Å². The quantitative estimate of drug-likeness (QED) is 0.531. The van der Waals surface area contributed by atoms with Crippen molar-refractivity contribution >= 4 is 44.8 Å². The van der Waals surface area contributed by atoms with Crippen LogP contribution < -0.4 is 9.44 Å². The molecule has 0 saturated heterocycles. The zero-order valence-electron chi connectivity index (χ0n) is 17.9. The lowest BCUT2D eigenvalue weighted by Gasteiger charge is -2.22. The highest BCUT2D eigenvalue weighted by molar-refractivity contribution is 7.88. The van der Waals surface area contributed by atoms with Crippen LogP contribution in [0.2, 0.25) is 5.02 Å². The van der Waals surface area contributed by atoms with Crippen LogP contribution in [0.1, 0.15) is 43.4 Å². The van der Waals surface area contributed by atoms with E-state index in [1.807, 2.05) is 29.8 Å². The van der Waals surface area contributed by atoms with Gasteiger partial charge in [0, 0.05) is 42.5 Å². The molecule has 1 amide bonds. The van der Waals surface area contributed by atoms with Crippen LogP contribution in [0.4, 0.5) is 0 Å². The number of halogens is 1. The molecule has 1 fully saturated rings. The van der Waals surface area contributed by atoms with Crippen molar-refractivity contribution in [3.8, 4) is 5.82 Å². The predicted molar refractivity (Wildman–Crippen MR) is 124 cm³/mol. The fourth-order valence-corrected chi connectivity index (χ4v) is 5.34. The van der Waals surface area contributed by atoms with Crippen molar-refractivity contribution in [1.29, 1.82) is 0 Å². The van der Waals surface area contributed by atoms with Gasteiger partial charge in [-0.1, -0.05) is 30.9 Å². The molecule has 9 nitrogen and oxygen atoms in total. The Morgan fingerprint density at radius 1 is 1.28 bits per heavy atom. The van der Waals surface area contributed by atoms with Gasteiger partial charge in [-0.05, 0) is 38.0 Å². The molecule has 0 atom stereocenters. The SMILES string of the molecule is Cc1nn(C)c(-n2ccc3cc(Cl)cnc32)c1C=CC(=O)NS(=O)(=O)NC1CCCCC1. The molecule has 3 aromatic heterocycles. The average Bonchev–Trinajstić information content (AvgIpc) is 3.25. The largest absolute Gasteiger partial charge is 0.301 e. The van der Waals surface area contributed by atoms with E-state index < -0.39 is 16.1 Å². The van der Waals surface area contributed by atoms with Gasteiger partial charge in [0.1, 0.15) is 11.5 Å². The summed E-state index contributed by atoms with van der Waals surface area (Å²) in [5, 5.41) is 5.85. The predicted octanol–water partition coefficient (Wildman–Crippen LogP) is 3.02. The highest BCUT2D eigenvalue weighted by atomic mass is 35.5. The summed E-state index contributed by atoms with van der Waals surface area (Å²) in [5.74, 6) is -0.0376. The van der Waals surface area contributed by atoms with E-state index in [0.717, 1.165) is 37.5 Å². The van der Waals surface area contributed by atoms with E-state index in [2.05, 4.69) is 19.5 Å². The van der Waals surface area contributed by atoms with E-state index in [1.165, 1.54) is 6.08 Å². The Balaban J connectivity index is 1.56. The third kappa shape index (κ3) is 4.87. The molecule has 1 saturated carbocycles. The fraction of sp³-hybridized carbons (Fsp3) is 0.381. The minimum absolute atomic E-state index is 0.131. The number of hydrogen-bond donors (Lipinski definition) is 2. The van der Waals surface area contributed by atoms with Gasteiger partial charge in [-0.2, -0.15) is 18.2 Å². The van der Waals surface area contributed by atoms with Crippen LogP contribution >= 0.6 is 11.6 Å². The van der Waals surface area contributed by atoms with Crippen molar-refractivity contribution in [2.75, 3.05) is 0 Å². The van der Waals surface area contributed by atoms with E-state index in [0.29, 0.717) is 27.7 Å². The second kappa shape index (κ2) is 9.05. The van der Waals surface area contributed by atoms with E-state index in [-0.39, 0.29) is 6.04 Å². The summed E-state index contributed by atoms with van der Waals surface area (Å²) >= 11 is 6.04. The van der Waals surface area contributed by atoms with Gasteiger partial charge in [0.05, 0.1) is 10.7 Å². The molecule has 0 aliphatic heterocycles. The van der Waals surface area contributed by atoms with Gasteiger partial charge in [0.15, 0.2) is 0 Å². The second-order valence-electron chi connectivity index (χ2n) is 7.95. The highest BCUT2D eigenvalue weighted by Crippen LogP contribution is 2.25. The first kappa shape index (κ1) is 22.5. The Kier molecular flexibility index (Phi) is 6.36. The topological polar surface area (TPSA) is 111 Å². The van der Waals surface area contributed by atoms with Crippen molar-refractivity contribution in [2.45, 2.75) is 45.1 Å². The zero-order chi connectivity index (χ0) is 22.9. The Bertz CT molecular complexity index is 1290.